The zero-order chi connectivity index (χ0) is 15.4. The van der Waals surface area contributed by atoms with Gasteiger partial charge in [-0.2, -0.15) is 0 Å². The normalized spacial score (nSPS) is 28.3. The van der Waals surface area contributed by atoms with Gasteiger partial charge in [-0.1, -0.05) is 20.8 Å². The van der Waals surface area contributed by atoms with Gasteiger partial charge in [0.15, 0.2) is 0 Å². The first kappa shape index (κ1) is 15.8. The highest BCUT2D eigenvalue weighted by atomic mass is 15.3. The van der Waals surface area contributed by atoms with Crippen molar-refractivity contribution in [3.63, 3.8) is 0 Å². The second-order valence-corrected chi connectivity index (χ2v) is 9.83. The van der Waals surface area contributed by atoms with Gasteiger partial charge in [0, 0.05) is 57.4 Å². The van der Waals surface area contributed by atoms with Crippen LogP contribution in [-0.4, -0.2) is 72.1 Å². The van der Waals surface area contributed by atoms with Crippen LogP contribution >= 0.6 is 0 Å². The standard InChI is InChI=1S/C18H35N3/c1-17(2,3)15-10-20(11-15)16-12-19(13-16)7-14-8-21(9-14)18(4,5)6/h14-16H,7-13H2,1-6H3. The molecule has 3 heteroatoms. The van der Waals surface area contributed by atoms with Gasteiger partial charge in [0.25, 0.3) is 0 Å². The molecule has 0 radical (unpaired) electrons. The molecular weight excluding hydrogens is 258 g/mol. The summed E-state index contributed by atoms with van der Waals surface area (Å²) in [5.74, 6) is 1.84. The Balaban J connectivity index is 1.30. The topological polar surface area (TPSA) is 9.72 Å². The van der Waals surface area contributed by atoms with Gasteiger partial charge in [0.05, 0.1) is 0 Å². The summed E-state index contributed by atoms with van der Waals surface area (Å²) in [4.78, 5) is 8.01. The molecule has 0 N–H and O–H groups in total. The van der Waals surface area contributed by atoms with Crippen LogP contribution in [-0.2, 0) is 0 Å². The SMILES string of the molecule is CC(C)(C)C1CN(C2CN(CC3CN(C(C)(C)C)C3)C2)C1. The predicted molar refractivity (Wildman–Crippen MR) is 89.6 cm³/mol. The van der Waals surface area contributed by atoms with Crippen LogP contribution in [0.1, 0.15) is 41.5 Å². The van der Waals surface area contributed by atoms with Crippen LogP contribution in [0.3, 0.4) is 0 Å². The number of rotatable bonds is 3. The van der Waals surface area contributed by atoms with Crippen LogP contribution in [0, 0.1) is 17.3 Å². The second kappa shape index (κ2) is 5.21. The van der Waals surface area contributed by atoms with Crippen molar-refractivity contribution in [2.24, 2.45) is 17.3 Å². The zero-order valence-corrected chi connectivity index (χ0v) is 15.0. The summed E-state index contributed by atoms with van der Waals surface area (Å²) in [5.41, 5.74) is 0.871. The Bertz CT molecular complexity index is 361. The largest absolute Gasteiger partial charge is 0.300 e. The molecule has 0 aromatic rings. The van der Waals surface area contributed by atoms with Crippen LogP contribution in [0.15, 0.2) is 0 Å². The fraction of sp³-hybridized carbons (Fsp3) is 1.00. The minimum atomic E-state index is 0.369. The zero-order valence-electron chi connectivity index (χ0n) is 15.0. The Morgan fingerprint density at radius 3 is 1.86 bits per heavy atom. The van der Waals surface area contributed by atoms with Crippen molar-refractivity contribution in [1.82, 2.24) is 14.7 Å². The lowest BCUT2D eigenvalue weighted by Gasteiger charge is -2.56. The monoisotopic (exact) mass is 293 g/mol. The van der Waals surface area contributed by atoms with E-state index in [-0.39, 0.29) is 0 Å². The first-order valence-corrected chi connectivity index (χ1v) is 8.84. The molecule has 122 valence electrons. The minimum absolute atomic E-state index is 0.369. The van der Waals surface area contributed by atoms with Gasteiger partial charge in [-0.15, -0.1) is 0 Å². The summed E-state index contributed by atoms with van der Waals surface area (Å²) in [6.07, 6.45) is 0. The average molecular weight is 293 g/mol. The Kier molecular flexibility index (Phi) is 3.91. The predicted octanol–water partition coefficient (Wildman–Crippen LogP) is 2.38. The molecule has 3 nitrogen and oxygen atoms in total. The lowest BCUT2D eigenvalue weighted by atomic mass is 9.75. The van der Waals surface area contributed by atoms with Gasteiger partial charge in [-0.25, -0.2) is 0 Å². The van der Waals surface area contributed by atoms with E-state index in [0.29, 0.717) is 11.0 Å². The van der Waals surface area contributed by atoms with Crippen LogP contribution in [0.2, 0.25) is 0 Å². The maximum Gasteiger partial charge on any atom is 0.0350 e. The van der Waals surface area contributed by atoms with Crippen LogP contribution in [0.4, 0.5) is 0 Å². The van der Waals surface area contributed by atoms with Crippen molar-refractivity contribution in [3.8, 4) is 0 Å². The molecule has 0 aromatic heterocycles. The number of hydrogen-bond acceptors (Lipinski definition) is 3. The quantitative estimate of drug-likeness (QED) is 0.791. The lowest BCUT2D eigenvalue weighted by Crippen LogP contribution is -2.68. The van der Waals surface area contributed by atoms with Crippen molar-refractivity contribution in [2.75, 3.05) is 45.8 Å². The summed E-state index contributed by atoms with van der Waals surface area (Å²) in [5, 5.41) is 0. The first-order valence-electron chi connectivity index (χ1n) is 8.84. The van der Waals surface area contributed by atoms with E-state index in [1.807, 2.05) is 0 Å². The smallest absolute Gasteiger partial charge is 0.0350 e. The lowest BCUT2D eigenvalue weighted by molar-refractivity contribution is -0.0772. The molecule has 3 saturated heterocycles. The Labute approximate surface area is 131 Å². The minimum Gasteiger partial charge on any atom is -0.300 e. The maximum absolute atomic E-state index is 2.72. The Hall–Kier alpha value is -0.120. The molecule has 3 aliphatic heterocycles. The number of likely N-dealkylation sites (tertiary alicyclic amines) is 3. The fourth-order valence-corrected chi connectivity index (χ4v) is 3.88. The second-order valence-electron chi connectivity index (χ2n) is 9.83. The molecular formula is C18H35N3. The maximum atomic E-state index is 2.72. The van der Waals surface area contributed by atoms with E-state index >= 15 is 0 Å². The molecule has 3 rings (SSSR count). The third-order valence-corrected chi connectivity index (χ3v) is 6.01. The van der Waals surface area contributed by atoms with E-state index in [0.717, 1.165) is 17.9 Å². The van der Waals surface area contributed by atoms with Gasteiger partial charge < -0.3 is 0 Å². The summed E-state index contributed by atoms with van der Waals surface area (Å²) in [6, 6.07) is 0.863. The van der Waals surface area contributed by atoms with E-state index in [2.05, 4.69) is 56.2 Å². The number of hydrogen-bond donors (Lipinski definition) is 0. The molecule has 3 aliphatic rings. The van der Waals surface area contributed by atoms with E-state index in [9.17, 15) is 0 Å². The highest BCUT2D eigenvalue weighted by molar-refractivity contribution is 4.99. The molecule has 0 amide bonds. The van der Waals surface area contributed by atoms with Gasteiger partial charge in [0.2, 0.25) is 0 Å². The van der Waals surface area contributed by atoms with E-state index < -0.39 is 0 Å². The first-order chi connectivity index (χ1) is 9.63. The molecule has 0 saturated carbocycles. The van der Waals surface area contributed by atoms with Crippen molar-refractivity contribution in [3.05, 3.63) is 0 Å². The highest BCUT2D eigenvalue weighted by Crippen LogP contribution is 2.36. The van der Waals surface area contributed by atoms with E-state index in [4.69, 9.17) is 0 Å². The highest BCUT2D eigenvalue weighted by Gasteiger charge is 2.44. The van der Waals surface area contributed by atoms with Crippen molar-refractivity contribution >= 4 is 0 Å². The fourth-order valence-electron chi connectivity index (χ4n) is 3.88. The molecule has 0 aliphatic carbocycles. The molecule has 0 unspecified atom stereocenters. The summed E-state index contributed by atoms with van der Waals surface area (Å²) in [6.45, 7) is 23.4. The van der Waals surface area contributed by atoms with Gasteiger partial charge in [-0.3, -0.25) is 14.7 Å². The Morgan fingerprint density at radius 1 is 0.810 bits per heavy atom. The van der Waals surface area contributed by atoms with Crippen molar-refractivity contribution in [2.45, 2.75) is 53.1 Å². The van der Waals surface area contributed by atoms with E-state index in [1.54, 1.807) is 0 Å². The van der Waals surface area contributed by atoms with Crippen LogP contribution in [0.5, 0.6) is 0 Å². The molecule has 0 spiro atoms. The van der Waals surface area contributed by atoms with E-state index in [1.165, 1.54) is 45.8 Å². The van der Waals surface area contributed by atoms with Crippen molar-refractivity contribution < 1.29 is 0 Å². The third-order valence-electron chi connectivity index (χ3n) is 6.01. The van der Waals surface area contributed by atoms with Crippen LogP contribution < -0.4 is 0 Å². The Morgan fingerprint density at radius 2 is 1.38 bits per heavy atom. The molecule has 3 heterocycles. The third kappa shape index (κ3) is 3.30. The number of nitrogens with zero attached hydrogens (tertiary/aromatic N) is 3. The molecule has 0 atom stereocenters. The van der Waals surface area contributed by atoms with Crippen LogP contribution in [0.25, 0.3) is 0 Å². The van der Waals surface area contributed by atoms with Gasteiger partial charge >= 0.3 is 0 Å². The van der Waals surface area contributed by atoms with Gasteiger partial charge in [-0.05, 0) is 38.0 Å². The molecule has 0 bridgehead atoms. The molecule has 3 fully saturated rings. The van der Waals surface area contributed by atoms with Gasteiger partial charge in [0.1, 0.15) is 0 Å². The average Bonchev–Trinajstić information content (AvgIpc) is 2.09. The summed E-state index contributed by atoms with van der Waals surface area (Å²) < 4.78 is 0. The van der Waals surface area contributed by atoms with Crippen molar-refractivity contribution in [1.29, 1.82) is 0 Å². The summed E-state index contributed by atoms with van der Waals surface area (Å²) >= 11 is 0. The summed E-state index contributed by atoms with van der Waals surface area (Å²) in [7, 11) is 0. The molecule has 0 aromatic carbocycles. The molecule has 21 heavy (non-hydrogen) atoms.